The number of hydrazine groups is 1. The summed E-state index contributed by atoms with van der Waals surface area (Å²) in [5.74, 6) is 2.26. The predicted molar refractivity (Wildman–Crippen MR) is 110 cm³/mol. The second-order valence-corrected chi connectivity index (χ2v) is 7.68. The molecule has 7 nitrogen and oxygen atoms in total. The molecule has 3 heterocycles. The molecule has 1 aromatic carbocycles. The zero-order valence-electron chi connectivity index (χ0n) is 16.7. The van der Waals surface area contributed by atoms with Gasteiger partial charge in [-0.3, -0.25) is 20.6 Å². The molecule has 3 atom stereocenters. The van der Waals surface area contributed by atoms with Gasteiger partial charge in [0.15, 0.2) is 0 Å². The Morgan fingerprint density at radius 2 is 1.90 bits per heavy atom. The van der Waals surface area contributed by atoms with E-state index in [2.05, 4.69) is 15.8 Å². The molecule has 1 aromatic heterocycles. The number of ether oxygens (including phenoxy) is 2. The van der Waals surface area contributed by atoms with Crippen LogP contribution >= 0.6 is 0 Å². The quantitative estimate of drug-likeness (QED) is 0.748. The van der Waals surface area contributed by atoms with E-state index in [1.165, 1.54) is 0 Å². The summed E-state index contributed by atoms with van der Waals surface area (Å²) >= 11 is 0. The van der Waals surface area contributed by atoms with E-state index < -0.39 is 0 Å². The monoisotopic (exact) mass is 396 g/mol. The van der Waals surface area contributed by atoms with Gasteiger partial charge in [-0.1, -0.05) is 0 Å². The summed E-state index contributed by atoms with van der Waals surface area (Å²) in [6, 6.07) is 12.0. The van der Waals surface area contributed by atoms with Gasteiger partial charge >= 0.3 is 0 Å². The van der Waals surface area contributed by atoms with Gasteiger partial charge in [0, 0.05) is 43.1 Å². The first-order chi connectivity index (χ1) is 14.2. The van der Waals surface area contributed by atoms with E-state index in [4.69, 9.17) is 9.47 Å². The Bertz CT molecular complexity index is 799. The van der Waals surface area contributed by atoms with Crippen LogP contribution < -0.4 is 20.3 Å². The fourth-order valence-corrected chi connectivity index (χ4v) is 4.12. The Morgan fingerprint density at radius 3 is 2.66 bits per heavy atom. The molecule has 4 rings (SSSR count). The minimum absolute atomic E-state index is 0.102. The maximum absolute atomic E-state index is 12.6. The second-order valence-electron chi connectivity index (χ2n) is 7.68. The van der Waals surface area contributed by atoms with Crippen molar-refractivity contribution in [1.82, 2.24) is 20.7 Å². The Labute approximate surface area is 171 Å². The lowest BCUT2D eigenvalue weighted by atomic mass is 9.94. The average molecular weight is 396 g/mol. The molecule has 1 amide bonds. The molecule has 2 aliphatic heterocycles. The van der Waals surface area contributed by atoms with Crippen LogP contribution in [0.1, 0.15) is 29.6 Å². The number of hydrogen-bond acceptors (Lipinski definition) is 6. The van der Waals surface area contributed by atoms with E-state index in [1.807, 2.05) is 29.2 Å². The summed E-state index contributed by atoms with van der Waals surface area (Å²) in [7, 11) is 1.66. The normalized spacial score (nSPS) is 23.9. The topological polar surface area (TPSA) is 75.7 Å². The molecular formula is C22H28N4O3. The zero-order chi connectivity index (χ0) is 20.1. The first kappa shape index (κ1) is 19.7. The highest BCUT2D eigenvalue weighted by atomic mass is 16.5. The van der Waals surface area contributed by atoms with Gasteiger partial charge in [-0.05, 0) is 61.6 Å². The van der Waals surface area contributed by atoms with E-state index >= 15 is 0 Å². The third kappa shape index (κ3) is 4.86. The van der Waals surface area contributed by atoms with Gasteiger partial charge in [0.1, 0.15) is 11.5 Å². The molecule has 154 valence electrons. The van der Waals surface area contributed by atoms with Gasteiger partial charge in [0.25, 0.3) is 5.91 Å². The van der Waals surface area contributed by atoms with Crippen LogP contribution in [0.3, 0.4) is 0 Å². The van der Waals surface area contributed by atoms with Crippen molar-refractivity contribution in [3.05, 3.63) is 54.4 Å². The number of likely N-dealkylation sites (tertiary alicyclic amines) is 1. The standard InChI is InChI=1S/C22H28N4O3/c1-28-19-2-4-20(5-3-19)29-13-9-18-14-21(25-24-18)17-8-12-26(15-17)22(27)16-6-10-23-11-7-16/h2-7,10-11,17-18,21,24-25H,8-9,12-15H2,1H3. The number of carbonyl (C=O) groups is 1. The molecule has 0 radical (unpaired) electrons. The third-order valence-corrected chi connectivity index (χ3v) is 5.81. The highest BCUT2D eigenvalue weighted by Gasteiger charge is 2.36. The number of carbonyl (C=O) groups excluding carboxylic acids is 1. The lowest BCUT2D eigenvalue weighted by molar-refractivity contribution is 0.0784. The summed E-state index contributed by atoms with van der Waals surface area (Å²) < 4.78 is 11.0. The number of rotatable bonds is 7. The van der Waals surface area contributed by atoms with Gasteiger partial charge in [-0.15, -0.1) is 0 Å². The zero-order valence-corrected chi connectivity index (χ0v) is 16.7. The minimum atomic E-state index is 0.102. The van der Waals surface area contributed by atoms with Crippen molar-refractivity contribution in [3.63, 3.8) is 0 Å². The van der Waals surface area contributed by atoms with Crippen molar-refractivity contribution in [2.24, 2.45) is 5.92 Å². The molecule has 29 heavy (non-hydrogen) atoms. The second kappa shape index (κ2) is 9.24. The molecule has 7 heteroatoms. The average Bonchev–Trinajstić information content (AvgIpc) is 3.44. The van der Waals surface area contributed by atoms with Crippen LogP contribution in [0, 0.1) is 5.92 Å². The molecule has 0 bridgehead atoms. The van der Waals surface area contributed by atoms with E-state index in [-0.39, 0.29) is 5.91 Å². The number of benzene rings is 1. The minimum Gasteiger partial charge on any atom is -0.497 e. The van der Waals surface area contributed by atoms with Crippen molar-refractivity contribution in [2.45, 2.75) is 31.3 Å². The van der Waals surface area contributed by atoms with Crippen molar-refractivity contribution in [3.8, 4) is 11.5 Å². The number of hydrogen-bond donors (Lipinski definition) is 2. The van der Waals surface area contributed by atoms with Gasteiger partial charge in [-0.25, -0.2) is 0 Å². The maximum atomic E-state index is 12.6. The van der Waals surface area contributed by atoms with Gasteiger partial charge in [-0.2, -0.15) is 0 Å². The molecule has 2 N–H and O–H groups in total. The molecule has 2 saturated heterocycles. The highest BCUT2D eigenvalue weighted by molar-refractivity contribution is 5.94. The van der Waals surface area contributed by atoms with Crippen LogP contribution in [0.5, 0.6) is 11.5 Å². The summed E-state index contributed by atoms with van der Waals surface area (Å²) in [5.41, 5.74) is 7.56. The molecule has 0 saturated carbocycles. The first-order valence-electron chi connectivity index (χ1n) is 10.2. The molecule has 2 aliphatic rings. The molecule has 0 aliphatic carbocycles. The van der Waals surface area contributed by atoms with Gasteiger partial charge in [0.05, 0.1) is 13.7 Å². The fourth-order valence-electron chi connectivity index (χ4n) is 4.12. The number of pyridine rings is 1. The summed E-state index contributed by atoms with van der Waals surface area (Å²) in [4.78, 5) is 18.6. The first-order valence-corrected chi connectivity index (χ1v) is 10.2. The Kier molecular flexibility index (Phi) is 6.27. The highest BCUT2D eigenvalue weighted by Crippen LogP contribution is 2.26. The number of nitrogens with one attached hydrogen (secondary N) is 2. The van der Waals surface area contributed by atoms with Gasteiger partial charge < -0.3 is 14.4 Å². The molecule has 2 fully saturated rings. The summed E-state index contributed by atoms with van der Waals surface area (Å²) in [6.07, 6.45) is 6.35. The van der Waals surface area contributed by atoms with E-state index in [0.29, 0.717) is 30.2 Å². The van der Waals surface area contributed by atoms with E-state index in [9.17, 15) is 4.79 Å². The Balaban J connectivity index is 1.20. The van der Waals surface area contributed by atoms with Crippen LogP contribution in [-0.4, -0.2) is 54.7 Å². The summed E-state index contributed by atoms with van der Waals surface area (Å²) in [6.45, 7) is 2.28. The number of methoxy groups -OCH3 is 1. The summed E-state index contributed by atoms with van der Waals surface area (Å²) in [5, 5.41) is 0. The molecule has 2 aromatic rings. The largest absolute Gasteiger partial charge is 0.497 e. The van der Waals surface area contributed by atoms with Crippen molar-refractivity contribution >= 4 is 5.91 Å². The van der Waals surface area contributed by atoms with Crippen molar-refractivity contribution in [2.75, 3.05) is 26.8 Å². The van der Waals surface area contributed by atoms with Crippen LogP contribution in [0.2, 0.25) is 0 Å². The SMILES string of the molecule is COc1ccc(OCCC2CC(C3CCN(C(=O)c4ccncc4)C3)NN2)cc1. The van der Waals surface area contributed by atoms with Gasteiger partial charge in [0.2, 0.25) is 0 Å². The third-order valence-electron chi connectivity index (χ3n) is 5.81. The Hall–Kier alpha value is -2.64. The molecule has 0 spiro atoms. The lowest BCUT2D eigenvalue weighted by Crippen LogP contribution is -2.39. The van der Waals surface area contributed by atoms with Crippen molar-refractivity contribution in [1.29, 1.82) is 0 Å². The molecular weight excluding hydrogens is 368 g/mol. The maximum Gasteiger partial charge on any atom is 0.253 e. The van der Waals surface area contributed by atoms with E-state index in [0.717, 1.165) is 43.9 Å². The number of amides is 1. The van der Waals surface area contributed by atoms with E-state index in [1.54, 1.807) is 31.6 Å². The Morgan fingerprint density at radius 1 is 1.14 bits per heavy atom. The smallest absolute Gasteiger partial charge is 0.253 e. The lowest BCUT2D eigenvalue weighted by Gasteiger charge is -2.20. The fraction of sp³-hybridized carbons (Fsp3) is 0.455. The van der Waals surface area contributed by atoms with Crippen LogP contribution in [0.4, 0.5) is 0 Å². The molecule has 3 unspecified atom stereocenters. The van der Waals surface area contributed by atoms with Crippen LogP contribution in [-0.2, 0) is 0 Å². The number of aromatic nitrogens is 1. The van der Waals surface area contributed by atoms with Crippen LogP contribution in [0.25, 0.3) is 0 Å². The van der Waals surface area contributed by atoms with Crippen molar-refractivity contribution < 1.29 is 14.3 Å². The predicted octanol–water partition coefficient (Wildman–Crippen LogP) is 2.26. The van der Waals surface area contributed by atoms with Crippen LogP contribution in [0.15, 0.2) is 48.8 Å². The number of nitrogens with zero attached hydrogens (tertiary/aromatic N) is 2.